The molecule has 1 rings (SSSR count). The molecule has 0 radical (unpaired) electrons. The van der Waals surface area contributed by atoms with Gasteiger partial charge >= 0.3 is 0 Å². The lowest BCUT2D eigenvalue weighted by Crippen LogP contribution is -2.23. The van der Waals surface area contributed by atoms with E-state index >= 15 is 0 Å². The highest BCUT2D eigenvalue weighted by Crippen LogP contribution is 2.16. The number of rotatable bonds is 5. The topological polar surface area (TPSA) is 27.0 Å². The molecule has 0 unspecified atom stereocenters. The van der Waals surface area contributed by atoms with Crippen molar-refractivity contribution in [1.29, 1.82) is 5.26 Å². The van der Waals surface area contributed by atoms with E-state index in [1.165, 1.54) is 11.3 Å². The lowest BCUT2D eigenvalue weighted by molar-refractivity contribution is 0.826. The molecule has 0 aliphatic rings. The number of hydrogen-bond donors (Lipinski definition) is 0. The molecule has 0 atom stereocenters. The Morgan fingerprint density at radius 2 is 2.13 bits per heavy atom. The Morgan fingerprint density at radius 3 is 2.73 bits per heavy atom. The van der Waals surface area contributed by atoms with Gasteiger partial charge in [-0.3, -0.25) is 0 Å². The third-order valence-electron chi connectivity index (χ3n) is 2.56. The molecule has 2 nitrogen and oxygen atoms in total. The summed E-state index contributed by atoms with van der Waals surface area (Å²) in [5, 5.41) is 8.58. The second-order valence-electron chi connectivity index (χ2n) is 3.51. The third kappa shape index (κ3) is 3.28. The van der Waals surface area contributed by atoms with Crippen LogP contribution in [0.3, 0.4) is 0 Å². The predicted molar refractivity (Wildman–Crippen MR) is 63.9 cm³/mol. The first kappa shape index (κ1) is 11.6. The summed E-state index contributed by atoms with van der Waals surface area (Å²) in [5.74, 6) is 0. The molecule has 0 aliphatic heterocycles. The summed E-state index contributed by atoms with van der Waals surface area (Å²) < 4.78 is 0. The minimum absolute atomic E-state index is 0.587. The number of nitriles is 1. The van der Waals surface area contributed by atoms with Crippen LogP contribution in [0.15, 0.2) is 24.3 Å². The van der Waals surface area contributed by atoms with Crippen LogP contribution in [0.2, 0.25) is 0 Å². The number of anilines is 1. The third-order valence-corrected chi connectivity index (χ3v) is 2.56. The molecule has 0 bridgehead atoms. The zero-order valence-corrected chi connectivity index (χ0v) is 9.53. The van der Waals surface area contributed by atoms with Gasteiger partial charge in [-0.1, -0.05) is 19.1 Å². The van der Waals surface area contributed by atoms with Gasteiger partial charge in [-0.2, -0.15) is 5.26 Å². The maximum atomic E-state index is 8.58. The van der Waals surface area contributed by atoms with Crippen LogP contribution >= 0.6 is 0 Å². The molecule has 0 heterocycles. The number of benzene rings is 1. The van der Waals surface area contributed by atoms with E-state index < -0.39 is 0 Å². The fourth-order valence-electron chi connectivity index (χ4n) is 1.63. The Morgan fingerprint density at radius 1 is 1.33 bits per heavy atom. The van der Waals surface area contributed by atoms with Crippen molar-refractivity contribution in [2.24, 2.45) is 0 Å². The largest absolute Gasteiger partial charge is 0.371 e. The Balaban J connectivity index is 2.77. The minimum atomic E-state index is 0.587. The second-order valence-corrected chi connectivity index (χ2v) is 3.51. The van der Waals surface area contributed by atoms with E-state index in [1.807, 2.05) is 0 Å². The molecule has 0 amide bonds. The molecule has 15 heavy (non-hydrogen) atoms. The first-order valence-electron chi connectivity index (χ1n) is 5.52. The van der Waals surface area contributed by atoms with Crippen LogP contribution in [-0.4, -0.2) is 13.1 Å². The smallest absolute Gasteiger partial charge is 0.0640 e. The highest BCUT2D eigenvalue weighted by molar-refractivity contribution is 5.48. The molecule has 0 N–H and O–H groups in total. The average molecular weight is 202 g/mol. The van der Waals surface area contributed by atoms with E-state index in [0.717, 1.165) is 19.5 Å². The summed E-state index contributed by atoms with van der Waals surface area (Å²) in [4.78, 5) is 2.24. The molecule has 0 aliphatic carbocycles. The van der Waals surface area contributed by atoms with Crippen LogP contribution in [-0.2, 0) is 6.42 Å². The molecule has 2 heteroatoms. The van der Waals surface area contributed by atoms with Gasteiger partial charge in [0, 0.05) is 18.8 Å². The highest BCUT2D eigenvalue weighted by atomic mass is 15.1. The first-order valence-corrected chi connectivity index (χ1v) is 5.52. The summed E-state index contributed by atoms with van der Waals surface area (Å²) in [5.41, 5.74) is 2.58. The highest BCUT2D eigenvalue weighted by Gasteiger charge is 2.03. The van der Waals surface area contributed by atoms with Crippen LogP contribution in [0.5, 0.6) is 0 Å². The number of hydrogen-bond acceptors (Lipinski definition) is 2. The standard InChI is InChI=1S/C13H18N2/c1-3-12-7-5-8-13(11-12)15(4-2)10-6-9-14/h5,7-8,11H,3-4,6,10H2,1-2H3. The van der Waals surface area contributed by atoms with Crippen molar-refractivity contribution in [2.75, 3.05) is 18.0 Å². The fraction of sp³-hybridized carbons (Fsp3) is 0.462. The van der Waals surface area contributed by atoms with Crippen molar-refractivity contribution in [3.05, 3.63) is 29.8 Å². The van der Waals surface area contributed by atoms with Crippen molar-refractivity contribution in [1.82, 2.24) is 0 Å². The number of aryl methyl sites for hydroxylation is 1. The van der Waals surface area contributed by atoms with E-state index in [9.17, 15) is 0 Å². The van der Waals surface area contributed by atoms with Gasteiger partial charge in [0.25, 0.3) is 0 Å². The van der Waals surface area contributed by atoms with Crippen molar-refractivity contribution >= 4 is 5.69 Å². The molecular formula is C13H18N2. The first-order chi connectivity index (χ1) is 7.31. The van der Waals surface area contributed by atoms with E-state index in [4.69, 9.17) is 5.26 Å². The van der Waals surface area contributed by atoms with Crippen LogP contribution in [0.4, 0.5) is 5.69 Å². The zero-order chi connectivity index (χ0) is 11.1. The minimum Gasteiger partial charge on any atom is -0.371 e. The summed E-state index contributed by atoms with van der Waals surface area (Å²) in [6.45, 7) is 6.05. The van der Waals surface area contributed by atoms with Crippen LogP contribution < -0.4 is 4.90 Å². The van der Waals surface area contributed by atoms with Gasteiger partial charge in [-0.05, 0) is 31.0 Å². The van der Waals surface area contributed by atoms with E-state index in [2.05, 4.69) is 49.1 Å². The molecule has 0 aromatic heterocycles. The zero-order valence-electron chi connectivity index (χ0n) is 9.53. The van der Waals surface area contributed by atoms with Crippen molar-refractivity contribution < 1.29 is 0 Å². The van der Waals surface area contributed by atoms with Gasteiger partial charge in [0.05, 0.1) is 12.5 Å². The maximum absolute atomic E-state index is 8.58. The summed E-state index contributed by atoms with van der Waals surface area (Å²) in [6.07, 6.45) is 1.65. The number of nitrogens with zero attached hydrogens (tertiary/aromatic N) is 2. The molecule has 0 saturated carbocycles. The van der Waals surface area contributed by atoms with Crippen LogP contribution in [0.1, 0.15) is 25.8 Å². The lowest BCUT2D eigenvalue weighted by Gasteiger charge is -2.22. The summed E-state index contributed by atoms with van der Waals surface area (Å²) in [6, 6.07) is 10.7. The summed E-state index contributed by atoms with van der Waals surface area (Å²) >= 11 is 0. The van der Waals surface area contributed by atoms with E-state index in [-0.39, 0.29) is 0 Å². The van der Waals surface area contributed by atoms with Crippen LogP contribution in [0.25, 0.3) is 0 Å². The van der Waals surface area contributed by atoms with Crippen molar-refractivity contribution in [2.45, 2.75) is 26.7 Å². The SMILES string of the molecule is CCc1cccc(N(CC)CCC#N)c1. The monoisotopic (exact) mass is 202 g/mol. The molecular weight excluding hydrogens is 184 g/mol. The normalized spacial score (nSPS) is 9.67. The molecule has 1 aromatic carbocycles. The molecule has 1 aromatic rings. The van der Waals surface area contributed by atoms with Gasteiger partial charge < -0.3 is 4.90 Å². The van der Waals surface area contributed by atoms with Gasteiger partial charge in [-0.15, -0.1) is 0 Å². The van der Waals surface area contributed by atoms with Crippen LogP contribution in [0, 0.1) is 11.3 Å². The summed E-state index contributed by atoms with van der Waals surface area (Å²) in [7, 11) is 0. The van der Waals surface area contributed by atoms with E-state index in [1.54, 1.807) is 0 Å². The van der Waals surface area contributed by atoms with Gasteiger partial charge in [0.2, 0.25) is 0 Å². The van der Waals surface area contributed by atoms with Gasteiger partial charge in [0.15, 0.2) is 0 Å². The van der Waals surface area contributed by atoms with Gasteiger partial charge in [0.1, 0.15) is 0 Å². The Kier molecular flexibility index (Phi) is 4.70. The quantitative estimate of drug-likeness (QED) is 0.734. The molecule has 0 fully saturated rings. The average Bonchev–Trinajstić information content (AvgIpc) is 2.30. The van der Waals surface area contributed by atoms with E-state index in [0.29, 0.717) is 6.42 Å². The maximum Gasteiger partial charge on any atom is 0.0640 e. The molecule has 0 spiro atoms. The Hall–Kier alpha value is -1.49. The lowest BCUT2D eigenvalue weighted by atomic mass is 10.1. The Labute approximate surface area is 92.1 Å². The fourth-order valence-corrected chi connectivity index (χ4v) is 1.63. The Bertz CT molecular complexity index is 339. The van der Waals surface area contributed by atoms with Crippen molar-refractivity contribution in [3.63, 3.8) is 0 Å². The van der Waals surface area contributed by atoms with Gasteiger partial charge in [-0.25, -0.2) is 0 Å². The second kappa shape index (κ2) is 6.08. The predicted octanol–water partition coefficient (Wildman–Crippen LogP) is 2.99. The van der Waals surface area contributed by atoms with Crippen molar-refractivity contribution in [3.8, 4) is 6.07 Å². The molecule has 80 valence electrons. The molecule has 0 saturated heterocycles.